The van der Waals surface area contributed by atoms with E-state index in [4.69, 9.17) is 5.11 Å². The van der Waals surface area contributed by atoms with Crippen LogP contribution in [0.4, 0.5) is 4.39 Å². The quantitative estimate of drug-likeness (QED) is 0.924. The Morgan fingerprint density at radius 2 is 2.06 bits per heavy atom. The average Bonchev–Trinajstić information content (AvgIpc) is 2.72. The second-order valence-corrected chi connectivity index (χ2v) is 4.90. The van der Waals surface area contributed by atoms with Crippen LogP contribution in [0, 0.1) is 5.82 Å². The van der Waals surface area contributed by atoms with Crippen LogP contribution in [0.2, 0.25) is 0 Å². The first-order valence-corrected chi connectivity index (χ1v) is 6.38. The van der Waals surface area contributed by atoms with Crippen molar-refractivity contribution < 1.29 is 14.3 Å². The molecule has 0 aliphatic carbocycles. The molecule has 0 aliphatic rings. The number of nitrogens with zero attached hydrogens (tertiary/aromatic N) is 1. The molecule has 0 amide bonds. The molecule has 1 aromatic carbocycles. The molecule has 0 saturated heterocycles. The number of carboxylic acids is 1. The number of carboxylic acid groups (broad SMARTS) is 1. The molecule has 0 aliphatic heterocycles. The van der Waals surface area contributed by atoms with Crippen molar-refractivity contribution in [1.82, 2.24) is 4.98 Å². The molecule has 1 heterocycles. The Kier molecular flexibility index (Phi) is 3.72. The first kappa shape index (κ1) is 12.7. The Hall–Kier alpha value is -1.75. The maximum Gasteiger partial charge on any atom is 0.309 e. The van der Waals surface area contributed by atoms with Gasteiger partial charge in [-0.1, -0.05) is 6.92 Å². The van der Waals surface area contributed by atoms with Crippen molar-refractivity contribution >= 4 is 17.3 Å². The van der Waals surface area contributed by atoms with E-state index in [9.17, 15) is 9.18 Å². The van der Waals surface area contributed by atoms with Crippen LogP contribution in [0.5, 0.6) is 0 Å². The van der Waals surface area contributed by atoms with E-state index in [2.05, 4.69) is 4.98 Å². The highest BCUT2D eigenvalue weighted by Gasteiger charge is 2.13. The minimum Gasteiger partial charge on any atom is -0.481 e. The number of carbonyl (C=O) groups is 1. The summed E-state index contributed by atoms with van der Waals surface area (Å²) in [5.41, 5.74) is 1.42. The van der Waals surface area contributed by atoms with Gasteiger partial charge in [-0.3, -0.25) is 4.79 Å². The number of aliphatic carboxylic acids is 1. The number of hydrogen-bond donors (Lipinski definition) is 1. The van der Waals surface area contributed by atoms with Crippen molar-refractivity contribution in [3.63, 3.8) is 0 Å². The Balaban J connectivity index is 2.37. The van der Waals surface area contributed by atoms with Crippen LogP contribution in [0.15, 0.2) is 24.3 Å². The summed E-state index contributed by atoms with van der Waals surface area (Å²) >= 11 is 1.46. The largest absolute Gasteiger partial charge is 0.481 e. The van der Waals surface area contributed by atoms with Gasteiger partial charge in [0.25, 0.3) is 0 Å². The smallest absolute Gasteiger partial charge is 0.309 e. The van der Waals surface area contributed by atoms with Gasteiger partial charge in [-0.25, -0.2) is 9.37 Å². The minimum absolute atomic E-state index is 0.0686. The Bertz CT molecular complexity index is 563. The maximum absolute atomic E-state index is 12.8. The summed E-state index contributed by atoms with van der Waals surface area (Å²) in [6.45, 7) is 1.97. The van der Waals surface area contributed by atoms with Gasteiger partial charge >= 0.3 is 5.97 Å². The lowest BCUT2D eigenvalue weighted by Crippen LogP contribution is -2.02. The highest BCUT2D eigenvalue weighted by atomic mass is 32.1. The molecule has 0 fully saturated rings. The number of hydrogen-bond acceptors (Lipinski definition) is 3. The number of aromatic nitrogens is 1. The number of benzene rings is 1. The van der Waals surface area contributed by atoms with E-state index < -0.39 is 5.97 Å². The van der Waals surface area contributed by atoms with Crippen LogP contribution in [-0.4, -0.2) is 16.1 Å². The van der Waals surface area contributed by atoms with Gasteiger partial charge in [-0.2, -0.15) is 0 Å². The summed E-state index contributed by atoms with van der Waals surface area (Å²) in [5, 5.41) is 9.56. The lowest BCUT2D eigenvalue weighted by atomic mass is 10.2. The zero-order valence-corrected chi connectivity index (χ0v) is 10.6. The zero-order chi connectivity index (χ0) is 13.1. The summed E-state index contributed by atoms with van der Waals surface area (Å²) in [4.78, 5) is 16.0. The lowest BCUT2D eigenvalue weighted by molar-refractivity contribution is -0.136. The first-order valence-electron chi connectivity index (χ1n) is 5.56. The molecular formula is C13H12FNO2S. The maximum atomic E-state index is 12.8. The Labute approximate surface area is 108 Å². The normalized spacial score (nSPS) is 10.6. The topological polar surface area (TPSA) is 50.2 Å². The summed E-state index contributed by atoms with van der Waals surface area (Å²) in [5.74, 6) is -1.18. The molecule has 0 spiro atoms. The van der Waals surface area contributed by atoms with E-state index >= 15 is 0 Å². The van der Waals surface area contributed by atoms with Crippen molar-refractivity contribution in [3.05, 3.63) is 40.7 Å². The average molecular weight is 265 g/mol. The van der Waals surface area contributed by atoms with E-state index in [1.165, 1.54) is 23.5 Å². The molecule has 18 heavy (non-hydrogen) atoms. The van der Waals surface area contributed by atoms with Gasteiger partial charge in [-0.05, 0) is 30.7 Å². The van der Waals surface area contributed by atoms with E-state index in [1.807, 2.05) is 6.92 Å². The van der Waals surface area contributed by atoms with Crippen LogP contribution < -0.4 is 0 Å². The standard InChI is InChI=1S/C13H12FNO2S/c1-2-11-10(7-12(16)17)15-13(18-11)8-3-5-9(14)6-4-8/h3-6H,2,7H2,1H3,(H,16,17). The molecule has 1 aromatic heterocycles. The highest BCUT2D eigenvalue weighted by Crippen LogP contribution is 2.29. The Morgan fingerprint density at radius 3 is 2.61 bits per heavy atom. The molecule has 0 unspecified atom stereocenters. The number of thiazole rings is 1. The predicted molar refractivity (Wildman–Crippen MR) is 68.2 cm³/mol. The molecule has 94 valence electrons. The third kappa shape index (κ3) is 2.73. The molecule has 0 atom stereocenters. The van der Waals surface area contributed by atoms with E-state index in [0.29, 0.717) is 5.69 Å². The van der Waals surface area contributed by atoms with Crippen LogP contribution in [0.1, 0.15) is 17.5 Å². The molecule has 1 N–H and O–H groups in total. The summed E-state index contributed by atoms with van der Waals surface area (Å²) in [6, 6.07) is 6.05. The van der Waals surface area contributed by atoms with Crippen LogP contribution in [-0.2, 0) is 17.6 Å². The number of halogens is 1. The van der Waals surface area contributed by atoms with Gasteiger partial charge in [0.05, 0.1) is 12.1 Å². The zero-order valence-electron chi connectivity index (χ0n) is 9.81. The molecule has 0 saturated carbocycles. The monoisotopic (exact) mass is 265 g/mol. The van der Waals surface area contributed by atoms with Crippen molar-refractivity contribution in [2.45, 2.75) is 19.8 Å². The second kappa shape index (κ2) is 5.27. The van der Waals surface area contributed by atoms with Gasteiger partial charge in [0, 0.05) is 10.4 Å². The fourth-order valence-electron chi connectivity index (χ4n) is 1.66. The summed E-state index contributed by atoms with van der Waals surface area (Å²) < 4.78 is 12.8. The fourth-order valence-corrected chi connectivity index (χ4v) is 2.68. The third-order valence-electron chi connectivity index (χ3n) is 2.51. The molecule has 3 nitrogen and oxygen atoms in total. The van der Waals surface area contributed by atoms with Crippen LogP contribution in [0.25, 0.3) is 10.6 Å². The minimum atomic E-state index is -0.888. The molecule has 0 bridgehead atoms. The highest BCUT2D eigenvalue weighted by molar-refractivity contribution is 7.15. The molecule has 2 rings (SSSR count). The lowest BCUT2D eigenvalue weighted by Gasteiger charge is -1.95. The van der Waals surface area contributed by atoms with E-state index in [-0.39, 0.29) is 12.2 Å². The van der Waals surface area contributed by atoms with Crippen LogP contribution >= 0.6 is 11.3 Å². The van der Waals surface area contributed by atoms with Gasteiger partial charge in [0.1, 0.15) is 10.8 Å². The van der Waals surface area contributed by atoms with Gasteiger partial charge in [-0.15, -0.1) is 11.3 Å². The van der Waals surface area contributed by atoms with Crippen molar-refractivity contribution in [3.8, 4) is 10.6 Å². The van der Waals surface area contributed by atoms with Crippen molar-refractivity contribution in [2.75, 3.05) is 0 Å². The third-order valence-corrected chi connectivity index (χ3v) is 3.80. The van der Waals surface area contributed by atoms with E-state index in [0.717, 1.165) is 21.9 Å². The second-order valence-electron chi connectivity index (χ2n) is 3.82. The summed E-state index contributed by atoms with van der Waals surface area (Å²) in [6.07, 6.45) is 0.683. The summed E-state index contributed by atoms with van der Waals surface area (Å²) in [7, 11) is 0. The molecule has 0 radical (unpaired) electrons. The Morgan fingerprint density at radius 1 is 1.39 bits per heavy atom. The molecule has 2 aromatic rings. The molecule has 5 heteroatoms. The molecular weight excluding hydrogens is 253 g/mol. The number of rotatable bonds is 4. The van der Waals surface area contributed by atoms with Crippen molar-refractivity contribution in [2.24, 2.45) is 0 Å². The van der Waals surface area contributed by atoms with Gasteiger partial charge < -0.3 is 5.11 Å². The van der Waals surface area contributed by atoms with E-state index in [1.54, 1.807) is 12.1 Å². The van der Waals surface area contributed by atoms with Gasteiger partial charge in [0.2, 0.25) is 0 Å². The SMILES string of the molecule is CCc1sc(-c2ccc(F)cc2)nc1CC(=O)O. The first-order chi connectivity index (χ1) is 8.60. The van der Waals surface area contributed by atoms with Crippen LogP contribution in [0.3, 0.4) is 0 Å². The fraction of sp³-hybridized carbons (Fsp3) is 0.231. The van der Waals surface area contributed by atoms with Crippen molar-refractivity contribution in [1.29, 1.82) is 0 Å². The number of aryl methyl sites for hydroxylation is 1. The predicted octanol–water partition coefficient (Wildman–Crippen LogP) is 3.14. The van der Waals surface area contributed by atoms with Gasteiger partial charge in [0.15, 0.2) is 0 Å².